The highest BCUT2D eigenvalue weighted by Crippen LogP contribution is 2.49. The molecule has 52 heavy (non-hydrogen) atoms. The van der Waals surface area contributed by atoms with Crippen molar-refractivity contribution in [1.29, 1.82) is 0 Å². The Kier molecular flexibility index (Phi) is 10.8. The third-order valence-corrected chi connectivity index (χ3v) is 12.1. The molecule has 2 fully saturated rings. The second-order valence-corrected chi connectivity index (χ2v) is 14.7. The van der Waals surface area contributed by atoms with Crippen LogP contribution >= 0.6 is 0 Å². The summed E-state index contributed by atoms with van der Waals surface area (Å²) in [6.07, 6.45) is 5.53. The lowest BCUT2D eigenvalue weighted by Gasteiger charge is -2.49. The van der Waals surface area contributed by atoms with Gasteiger partial charge in [-0.3, -0.25) is 14.6 Å². The zero-order chi connectivity index (χ0) is 36.4. The van der Waals surface area contributed by atoms with E-state index in [1.165, 1.54) is 16.7 Å². The Hall–Kier alpha value is -4.44. The predicted molar refractivity (Wildman–Crippen MR) is 198 cm³/mol. The molecule has 0 bridgehead atoms. The number of hydrogen-bond donors (Lipinski definition) is 0. The summed E-state index contributed by atoms with van der Waals surface area (Å²) in [5, 5.41) is 0. The lowest BCUT2D eigenvalue weighted by atomic mass is 9.72. The number of hydrogen-bond acceptors (Lipinski definition) is 8. The molecule has 2 saturated heterocycles. The molecule has 4 heterocycles. The molecule has 4 aliphatic rings. The fraction of sp³-hybridized carbons (Fsp3) is 0.524. The molecule has 0 radical (unpaired) electrons. The van der Waals surface area contributed by atoms with Crippen LogP contribution in [-0.2, 0) is 29.0 Å². The average Bonchev–Trinajstić information content (AvgIpc) is 3.69. The Balaban J connectivity index is 1.19. The molecular formula is C42H53N3O7. The summed E-state index contributed by atoms with van der Waals surface area (Å²) < 4.78 is 28.7. The fourth-order valence-corrected chi connectivity index (χ4v) is 9.32. The van der Waals surface area contributed by atoms with Crippen molar-refractivity contribution < 1.29 is 33.3 Å². The number of carbonyl (C=O) groups is 2. The van der Waals surface area contributed by atoms with E-state index >= 15 is 0 Å². The number of likely N-dealkylation sites (tertiary alicyclic amines) is 1. The molecule has 5 atom stereocenters. The standard InChI is InChI=1S/C42H53N3O7/c1-6-28-25-43-17-14-29-21-37(48-2)39(50-4)23-32(29)35(43)19-31(28)20-36-33-24-40(51-5)38(49-3)22-30(33)15-18-44(36)41(46)34-13-10-16-45(34)42(47)52-26-27-11-8-7-9-12-27/h7-9,11-12,21-24,28,31,34-36H,6,10,13-20,25-26H2,1-5H3/t28-,31+,34-,35-,36+/m0/s1. The third-order valence-electron chi connectivity index (χ3n) is 12.1. The molecule has 10 heteroatoms. The number of benzene rings is 3. The SMILES string of the molecule is CC[C@H]1CN2CCc3cc(OC)c(OC)cc3[C@@H]2C[C@@H]1C[C@@H]1c2cc(OC)c(OC)cc2CCN1C(=O)[C@@H]1CCCN1C(=O)OCc1ccccc1. The number of carbonyl (C=O) groups excluding carboxylic acids is 2. The Morgan fingerprint density at radius 1 is 0.750 bits per heavy atom. The van der Waals surface area contributed by atoms with Crippen molar-refractivity contribution in [3.8, 4) is 23.0 Å². The highest BCUT2D eigenvalue weighted by molar-refractivity contribution is 5.87. The minimum absolute atomic E-state index is 0.00456. The fourth-order valence-electron chi connectivity index (χ4n) is 9.32. The Labute approximate surface area is 307 Å². The molecule has 0 aliphatic carbocycles. The van der Waals surface area contributed by atoms with Crippen LogP contribution in [0.1, 0.15) is 78.9 Å². The number of ether oxygens (including phenoxy) is 5. The van der Waals surface area contributed by atoms with Crippen LogP contribution in [-0.4, -0.2) is 87.4 Å². The molecule has 0 unspecified atom stereocenters. The van der Waals surface area contributed by atoms with Gasteiger partial charge in [-0.15, -0.1) is 0 Å². The van der Waals surface area contributed by atoms with Crippen LogP contribution in [0.2, 0.25) is 0 Å². The second-order valence-electron chi connectivity index (χ2n) is 14.7. The van der Waals surface area contributed by atoms with Gasteiger partial charge in [-0.25, -0.2) is 4.79 Å². The van der Waals surface area contributed by atoms with Gasteiger partial charge in [0.05, 0.1) is 34.5 Å². The summed E-state index contributed by atoms with van der Waals surface area (Å²) in [5.41, 5.74) is 5.86. The summed E-state index contributed by atoms with van der Waals surface area (Å²) in [5.74, 6) is 3.75. The molecule has 0 saturated carbocycles. The topological polar surface area (TPSA) is 90.0 Å². The van der Waals surface area contributed by atoms with Gasteiger partial charge in [-0.1, -0.05) is 43.7 Å². The first-order valence-electron chi connectivity index (χ1n) is 18.9. The highest BCUT2D eigenvalue weighted by Gasteiger charge is 2.45. The van der Waals surface area contributed by atoms with Gasteiger partial charge in [-0.05, 0) is 102 Å². The molecule has 3 aromatic rings. The van der Waals surface area contributed by atoms with Crippen LogP contribution in [0.4, 0.5) is 4.79 Å². The van der Waals surface area contributed by atoms with Gasteiger partial charge in [0, 0.05) is 32.2 Å². The normalized spacial score (nSPS) is 24.0. The van der Waals surface area contributed by atoms with Crippen LogP contribution < -0.4 is 18.9 Å². The Morgan fingerprint density at radius 2 is 1.38 bits per heavy atom. The third kappa shape index (κ3) is 6.89. The van der Waals surface area contributed by atoms with Crippen molar-refractivity contribution in [1.82, 2.24) is 14.7 Å². The van der Waals surface area contributed by atoms with Gasteiger partial charge in [-0.2, -0.15) is 0 Å². The Morgan fingerprint density at radius 3 is 2.06 bits per heavy atom. The van der Waals surface area contributed by atoms with Crippen LogP contribution in [0, 0.1) is 11.8 Å². The average molecular weight is 712 g/mol. The van der Waals surface area contributed by atoms with Crippen molar-refractivity contribution in [2.75, 3.05) is 54.6 Å². The van der Waals surface area contributed by atoms with Crippen molar-refractivity contribution >= 4 is 12.0 Å². The zero-order valence-corrected chi connectivity index (χ0v) is 31.3. The van der Waals surface area contributed by atoms with Crippen molar-refractivity contribution in [2.24, 2.45) is 11.8 Å². The number of piperidine rings is 1. The molecule has 0 aromatic heterocycles. The molecular weight excluding hydrogens is 658 g/mol. The largest absolute Gasteiger partial charge is 0.493 e. The summed E-state index contributed by atoms with van der Waals surface area (Å²) in [6, 6.07) is 17.7. The van der Waals surface area contributed by atoms with Crippen LogP contribution in [0.15, 0.2) is 54.6 Å². The lowest BCUT2D eigenvalue weighted by Crippen LogP contribution is -2.52. The summed E-state index contributed by atoms with van der Waals surface area (Å²) >= 11 is 0. The Bertz CT molecular complexity index is 1750. The summed E-state index contributed by atoms with van der Waals surface area (Å²) in [6.45, 7) is 5.60. The van der Waals surface area contributed by atoms with Gasteiger partial charge < -0.3 is 28.6 Å². The maximum absolute atomic E-state index is 14.8. The summed E-state index contributed by atoms with van der Waals surface area (Å²) in [4.78, 5) is 34.6. The first-order valence-corrected chi connectivity index (χ1v) is 18.9. The van der Waals surface area contributed by atoms with E-state index in [2.05, 4.69) is 41.0 Å². The molecule has 2 amide bonds. The van der Waals surface area contributed by atoms with Crippen molar-refractivity contribution in [2.45, 2.75) is 76.6 Å². The van der Waals surface area contributed by atoms with Gasteiger partial charge in [0.15, 0.2) is 23.0 Å². The molecule has 278 valence electrons. The van der Waals surface area contributed by atoms with E-state index in [-0.39, 0.29) is 24.6 Å². The minimum Gasteiger partial charge on any atom is -0.493 e. The zero-order valence-electron chi connectivity index (χ0n) is 31.3. The maximum Gasteiger partial charge on any atom is 0.410 e. The van der Waals surface area contributed by atoms with E-state index in [0.29, 0.717) is 49.3 Å². The smallest absolute Gasteiger partial charge is 0.410 e. The van der Waals surface area contributed by atoms with E-state index in [0.717, 1.165) is 67.8 Å². The van der Waals surface area contributed by atoms with E-state index in [1.807, 2.05) is 30.3 Å². The molecule has 0 N–H and O–H groups in total. The second kappa shape index (κ2) is 15.7. The number of nitrogens with zero attached hydrogens (tertiary/aromatic N) is 3. The molecule has 0 spiro atoms. The molecule has 7 rings (SSSR count). The van der Waals surface area contributed by atoms with E-state index in [9.17, 15) is 9.59 Å². The van der Waals surface area contributed by atoms with Gasteiger partial charge >= 0.3 is 6.09 Å². The highest BCUT2D eigenvalue weighted by atomic mass is 16.6. The first-order chi connectivity index (χ1) is 25.4. The maximum atomic E-state index is 14.8. The number of fused-ring (bicyclic) bond motifs is 4. The number of rotatable bonds is 10. The monoisotopic (exact) mass is 711 g/mol. The summed E-state index contributed by atoms with van der Waals surface area (Å²) in [7, 11) is 6.72. The van der Waals surface area contributed by atoms with Gasteiger partial charge in [0.25, 0.3) is 0 Å². The molecule has 3 aromatic carbocycles. The van der Waals surface area contributed by atoms with E-state index in [1.54, 1.807) is 33.3 Å². The minimum atomic E-state index is -0.552. The van der Waals surface area contributed by atoms with Crippen LogP contribution in [0.25, 0.3) is 0 Å². The number of amides is 2. The van der Waals surface area contributed by atoms with Crippen LogP contribution in [0.3, 0.4) is 0 Å². The van der Waals surface area contributed by atoms with Crippen molar-refractivity contribution in [3.05, 3.63) is 82.4 Å². The van der Waals surface area contributed by atoms with Crippen LogP contribution in [0.5, 0.6) is 23.0 Å². The molecule has 4 aliphatic heterocycles. The lowest BCUT2D eigenvalue weighted by molar-refractivity contribution is -0.139. The van der Waals surface area contributed by atoms with Gasteiger partial charge in [0.1, 0.15) is 12.6 Å². The van der Waals surface area contributed by atoms with E-state index in [4.69, 9.17) is 23.7 Å². The number of methoxy groups -OCH3 is 4. The first kappa shape index (κ1) is 35.9. The van der Waals surface area contributed by atoms with E-state index < -0.39 is 12.1 Å². The quantitative estimate of drug-likeness (QED) is 0.223. The van der Waals surface area contributed by atoms with Crippen molar-refractivity contribution in [3.63, 3.8) is 0 Å². The predicted octanol–water partition coefficient (Wildman–Crippen LogP) is 6.98. The molecule has 10 nitrogen and oxygen atoms in total. The van der Waals surface area contributed by atoms with Gasteiger partial charge in [0.2, 0.25) is 5.91 Å².